The van der Waals surface area contributed by atoms with Gasteiger partial charge in [0.15, 0.2) is 0 Å². The van der Waals surface area contributed by atoms with E-state index >= 15 is 0 Å². The van der Waals surface area contributed by atoms with Gasteiger partial charge < -0.3 is 0 Å². The van der Waals surface area contributed by atoms with Crippen LogP contribution >= 0.6 is 0 Å². The Kier molecular flexibility index (Phi) is 5.29. The molecule has 0 aromatic heterocycles. The van der Waals surface area contributed by atoms with Crippen LogP contribution in [0.15, 0.2) is 34.3 Å². The molecule has 0 spiro atoms. The third-order valence-corrected chi connectivity index (χ3v) is 6.33. The van der Waals surface area contributed by atoms with E-state index in [1.807, 2.05) is 0 Å². The highest BCUT2D eigenvalue weighted by atomic mass is 32.2. The smallest absolute Gasteiger partial charge is 0.271 e. The van der Waals surface area contributed by atoms with Crippen LogP contribution in [0.1, 0.15) is 48.9 Å². The van der Waals surface area contributed by atoms with Gasteiger partial charge in [-0.2, -0.15) is 9.41 Å². The lowest BCUT2D eigenvalue weighted by molar-refractivity contribution is -0.118. The number of Topliss-reactive ketones (excluding diaryl/α,β-unsaturated/α-hetero) is 1. The Morgan fingerprint density at radius 2 is 1.88 bits per heavy atom. The summed E-state index contributed by atoms with van der Waals surface area (Å²) >= 11 is 0. The molecule has 134 valence electrons. The molecule has 1 aliphatic heterocycles. The van der Waals surface area contributed by atoms with Gasteiger partial charge in [-0.15, -0.1) is 0 Å². The number of nitrogens with zero attached hydrogens (tertiary/aromatic N) is 2. The molecule has 1 aromatic rings. The number of carbonyl (C=O) groups is 2. The maximum Gasteiger partial charge on any atom is 0.271 e. The van der Waals surface area contributed by atoms with Crippen molar-refractivity contribution in [3.8, 4) is 0 Å². The molecule has 2 aliphatic rings. The molecular formula is C17H21N3O4S. The second kappa shape index (κ2) is 7.45. The summed E-state index contributed by atoms with van der Waals surface area (Å²) in [6.45, 7) is 1.03. The standard InChI is InChI=1S/C17H21N3O4S/c21-15-7-4-6-14(12-15)18-19-17(22)13-5-3-8-16(11-13)25(23,24)20-9-1-2-10-20/h3,5,8,11H,1-2,4,6-7,9-10,12H2,(H,19,22)/b18-14-. The zero-order valence-corrected chi connectivity index (χ0v) is 14.7. The number of carbonyl (C=O) groups excluding carboxylic acids is 2. The predicted octanol–water partition coefficient (Wildman–Crippen LogP) is 1.70. The van der Waals surface area contributed by atoms with Gasteiger partial charge in [0.1, 0.15) is 5.78 Å². The van der Waals surface area contributed by atoms with Gasteiger partial charge in [-0.1, -0.05) is 6.07 Å². The zero-order chi connectivity index (χ0) is 17.9. The number of nitrogens with one attached hydrogen (secondary N) is 1. The van der Waals surface area contributed by atoms with Gasteiger partial charge >= 0.3 is 0 Å². The maximum atomic E-state index is 12.6. The first-order valence-corrected chi connectivity index (χ1v) is 9.88. The average molecular weight is 363 g/mol. The van der Waals surface area contributed by atoms with E-state index in [1.54, 1.807) is 12.1 Å². The second-order valence-electron chi connectivity index (χ2n) is 6.33. The van der Waals surface area contributed by atoms with Crippen LogP contribution in [0.25, 0.3) is 0 Å². The van der Waals surface area contributed by atoms with Crippen molar-refractivity contribution in [3.63, 3.8) is 0 Å². The van der Waals surface area contributed by atoms with Crippen LogP contribution < -0.4 is 5.43 Å². The third kappa shape index (κ3) is 4.13. The largest absolute Gasteiger partial charge is 0.299 e. The van der Waals surface area contributed by atoms with E-state index in [0.717, 1.165) is 19.3 Å². The molecule has 1 saturated carbocycles. The van der Waals surface area contributed by atoms with Crippen LogP contribution in [0, 0.1) is 0 Å². The van der Waals surface area contributed by atoms with Crippen LogP contribution in [0.4, 0.5) is 0 Å². The van der Waals surface area contributed by atoms with E-state index in [-0.39, 0.29) is 22.7 Å². The summed E-state index contributed by atoms with van der Waals surface area (Å²) in [6.07, 6.45) is 3.98. The third-order valence-electron chi connectivity index (χ3n) is 4.44. The number of hydrogen-bond donors (Lipinski definition) is 1. The Hall–Kier alpha value is -2.06. The molecule has 1 N–H and O–H groups in total. The maximum absolute atomic E-state index is 12.6. The van der Waals surface area contributed by atoms with Crippen LogP contribution in [0.5, 0.6) is 0 Å². The van der Waals surface area contributed by atoms with Crippen LogP contribution in [-0.2, 0) is 14.8 Å². The van der Waals surface area contributed by atoms with Gasteiger partial charge in [0.2, 0.25) is 10.0 Å². The molecule has 1 aromatic carbocycles. The first-order chi connectivity index (χ1) is 12.0. The van der Waals surface area contributed by atoms with Gasteiger partial charge in [-0.25, -0.2) is 13.8 Å². The highest BCUT2D eigenvalue weighted by Crippen LogP contribution is 2.21. The fraction of sp³-hybridized carbons (Fsp3) is 0.471. The molecule has 25 heavy (non-hydrogen) atoms. The summed E-state index contributed by atoms with van der Waals surface area (Å²) in [5.74, 6) is -0.359. The monoisotopic (exact) mass is 363 g/mol. The summed E-state index contributed by atoms with van der Waals surface area (Å²) in [5.41, 5.74) is 3.31. The molecule has 1 aliphatic carbocycles. The molecule has 1 saturated heterocycles. The number of hydrogen-bond acceptors (Lipinski definition) is 5. The zero-order valence-electron chi connectivity index (χ0n) is 13.9. The first kappa shape index (κ1) is 17.8. The van der Waals surface area contributed by atoms with E-state index < -0.39 is 15.9 Å². The van der Waals surface area contributed by atoms with E-state index in [9.17, 15) is 18.0 Å². The van der Waals surface area contributed by atoms with Gasteiger partial charge in [0.05, 0.1) is 4.90 Å². The Morgan fingerprint density at radius 1 is 1.12 bits per heavy atom. The van der Waals surface area contributed by atoms with E-state index in [4.69, 9.17) is 0 Å². The van der Waals surface area contributed by atoms with Crippen molar-refractivity contribution in [2.45, 2.75) is 43.4 Å². The van der Waals surface area contributed by atoms with Crippen LogP contribution in [-0.4, -0.2) is 43.2 Å². The molecule has 2 fully saturated rings. The highest BCUT2D eigenvalue weighted by molar-refractivity contribution is 7.89. The molecule has 1 amide bonds. The predicted molar refractivity (Wildman–Crippen MR) is 92.8 cm³/mol. The van der Waals surface area contributed by atoms with Gasteiger partial charge in [0.25, 0.3) is 5.91 Å². The molecule has 0 atom stereocenters. The molecule has 3 rings (SSSR count). The topological polar surface area (TPSA) is 95.9 Å². The molecule has 1 heterocycles. The lowest BCUT2D eigenvalue weighted by atomic mass is 9.97. The van der Waals surface area contributed by atoms with Crippen molar-refractivity contribution < 1.29 is 18.0 Å². The number of amides is 1. The summed E-state index contributed by atoms with van der Waals surface area (Å²) in [7, 11) is -3.56. The summed E-state index contributed by atoms with van der Waals surface area (Å²) < 4.78 is 26.6. The Morgan fingerprint density at radius 3 is 2.60 bits per heavy atom. The number of rotatable bonds is 4. The molecular weight excluding hydrogens is 342 g/mol. The van der Waals surface area contributed by atoms with Gasteiger partial charge in [0, 0.05) is 37.2 Å². The minimum absolute atomic E-state index is 0.113. The van der Waals surface area contributed by atoms with Crippen LogP contribution in [0.2, 0.25) is 0 Å². The quantitative estimate of drug-likeness (QED) is 0.824. The highest BCUT2D eigenvalue weighted by Gasteiger charge is 2.27. The van der Waals surface area contributed by atoms with Crippen molar-refractivity contribution in [2.75, 3.05) is 13.1 Å². The molecule has 0 unspecified atom stereocenters. The fourth-order valence-electron chi connectivity index (χ4n) is 3.06. The van der Waals surface area contributed by atoms with E-state index in [0.29, 0.717) is 31.6 Å². The normalized spacial score (nSPS) is 20.8. The molecule has 0 radical (unpaired) electrons. The number of sulfonamides is 1. The lowest BCUT2D eigenvalue weighted by Crippen LogP contribution is -2.28. The summed E-state index contributed by atoms with van der Waals surface area (Å²) in [6, 6.07) is 5.96. The number of hydrazone groups is 1. The van der Waals surface area contributed by atoms with E-state index in [1.165, 1.54) is 16.4 Å². The van der Waals surface area contributed by atoms with Gasteiger partial charge in [-0.05, 0) is 43.9 Å². The van der Waals surface area contributed by atoms with Crippen molar-refractivity contribution in [1.29, 1.82) is 0 Å². The van der Waals surface area contributed by atoms with Crippen molar-refractivity contribution in [1.82, 2.24) is 9.73 Å². The summed E-state index contributed by atoms with van der Waals surface area (Å²) in [4.78, 5) is 23.8. The van der Waals surface area contributed by atoms with Crippen molar-refractivity contribution in [3.05, 3.63) is 29.8 Å². The Balaban J connectivity index is 1.73. The minimum Gasteiger partial charge on any atom is -0.299 e. The van der Waals surface area contributed by atoms with E-state index in [2.05, 4.69) is 10.5 Å². The molecule has 0 bridgehead atoms. The summed E-state index contributed by atoms with van der Waals surface area (Å²) in [5, 5.41) is 4.02. The second-order valence-corrected chi connectivity index (χ2v) is 8.26. The fourth-order valence-corrected chi connectivity index (χ4v) is 4.62. The van der Waals surface area contributed by atoms with Crippen molar-refractivity contribution >= 4 is 27.4 Å². The SMILES string of the molecule is O=C1CCC/C(=N/NC(=O)c2cccc(S(=O)(=O)N3CCCC3)c2)C1. The molecule has 8 heteroatoms. The van der Waals surface area contributed by atoms with Crippen molar-refractivity contribution in [2.24, 2.45) is 5.10 Å². The Labute approximate surface area is 147 Å². The average Bonchev–Trinajstić information content (AvgIpc) is 3.15. The number of benzene rings is 1. The minimum atomic E-state index is -3.56. The lowest BCUT2D eigenvalue weighted by Gasteiger charge is -2.16. The molecule has 7 nitrogen and oxygen atoms in total. The Bertz CT molecular complexity index is 811. The van der Waals surface area contributed by atoms with Crippen LogP contribution in [0.3, 0.4) is 0 Å². The van der Waals surface area contributed by atoms with Gasteiger partial charge in [-0.3, -0.25) is 9.59 Å². The number of ketones is 1. The first-order valence-electron chi connectivity index (χ1n) is 8.44.